The first-order valence-corrected chi connectivity index (χ1v) is 10.8. The Bertz CT molecular complexity index is 543. The van der Waals surface area contributed by atoms with Gasteiger partial charge in [0.05, 0.1) is 31.0 Å². The second-order valence-corrected chi connectivity index (χ2v) is 8.31. The highest BCUT2D eigenvalue weighted by molar-refractivity contribution is 5.18. The zero-order valence-electron chi connectivity index (χ0n) is 19.0. The largest absolute Gasteiger partial charge is 0.390 e. The molecular weight excluding hydrogens is 372 g/mol. The minimum absolute atomic E-state index is 0.0129. The Balaban J connectivity index is 1.90. The molecule has 0 amide bonds. The van der Waals surface area contributed by atoms with E-state index in [9.17, 15) is 5.11 Å². The molecule has 2 heterocycles. The molecule has 29 heavy (non-hydrogen) atoms. The third-order valence-electron chi connectivity index (χ3n) is 6.41. The molecule has 0 aliphatic carbocycles. The molecule has 0 aromatic heterocycles. The summed E-state index contributed by atoms with van der Waals surface area (Å²) in [6.07, 6.45) is 7.18. The zero-order valence-corrected chi connectivity index (χ0v) is 19.0. The second-order valence-electron chi connectivity index (χ2n) is 8.31. The van der Waals surface area contributed by atoms with E-state index in [1.54, 1.807) is 21.3 Å². The van der Waals surface area contributed by atoms with Gasteiger partial charge in [-0.1, -0.05) is 39.0 Å². The summed E-state index contributed by atoms with van der Waals surface area (Å²) < 4.78 is 28.4. The third-order valence-corrected chi connectivity index (χ3v) is 6.41. The van der Waals surface area contributed by atoms with Crippen LogP contribution < -0.4 is 0 Å². The van der Waals surface area contributed by atoms with Crippen LogP contribution in [0.4, 0.5) is 0 Å². The first-order valence-electron chi connectivity index (χ1n) is 10.8. The standard InChI is InChI=1S/C23H40O6/c1-8-17(25-5)16(4)21-23(29-21)19(24)14(2)10-9-11-15(3)20-22(27-7)18(26-6)12-13-28-20/h9-11,14,16-24H,8,12-13H2,1-7H3/b10-9+,15-11+. The summed E-state index contributed by atoms with van der Waals surface area (Å²) in [5, 5.41) is 10.7. The van der Waals surface area contributed by atoms with Gasteiger partial charge in [-0.3, -0.25) is 0 Å². The van der Waals surface area contributed by atoms with E-state index in [1.807, 2.05) is 32.1 Å². The topological polar surface area (TPSA) is 69.7 Å². The molecule has 9 atom stereocenters. The van der Waals surface area contributed by atoms with Crippen molar-refractivity contribution in [3.8, 4) is 0 Å². The average Bonchev–Trinajstić information content (AvgIpc) is 3.53. The first kappa shape index (κ1) is 24.5. The SMILES string of the molecule is CCC(OC)C(C)C1OC1C(O)C(C)/C=C/C=C(\C)C1OCCC(OC)C1OC. The lowest BCUT2D eigenvalue weighted by atomic mass is 9.91. The van der Waals surface area contributed by atoms with Crippen LogP contribution in [-0.4, -0.2) is 75.8 Å². The number of hydrogen-bond donors (Lipinski definition) is 1. The first-order chi connectivity index (χ1) is 13.9. The fourth-order valence-electron chi connectivity index (χ4n) is 4.37. The summed E-state index contributed by atoms with van der Waals surface area (Å²) in [5.74, 6) is 0.257. The van der Waals surface area contributed by atoms with Crippen LogP contribution in [0.25, 0.3) is 0 Å². The number of rotatable bonds is 11. The molecule has 2 fully saturated rings. The Labute approximate surface area is 176 Å². The van der Waals surface area contributed by atoms with E-state index < -0.39 is 6.10 Å². The van der Waals surface area contributed by atoms with E-state index in [0.717, 1.165) is 18.4 Å². The van der Waals surface area contributed by atoms with Gasteiger partial charge in [0.15, 0.2) is 0 Å². The molecule has 6 heteroatoms. The van der Waals surface area contributed by atoms with E-state index in [-0.39, 0.29) is 48.5 Å². The van der Waals surface area contributed by atoms with E-state index in [2.05, 4.69) is 13.8 Å². The Morgan fingerprint density at radius 1 is 1.17 bits per heavy atom. The van der Waals surface area contributed by atoms with Crippen molar-refractivity contribution in [2.24, 2.45) is 11.8 Å². The van der Waals surface area contributed by atoms with Crippen LogP contribution in [0, 0.1) is 11.8 Å². The Morgan fingerprint density at radius 3 is 2.48 bits per heavy atom. The maximum Gasteiger partial charge on any atom is 0.113 e. The molecule has 0 radical (unpaired) electrons. The molecule has 9 unspecified atom stereocenters. The normalized spacial score (nSPS) is 34.8. The van der Waals surface area contributed by atoms with Crippen LogP contribution in [0.2, 0.25) is 0 Å². The quantitative estimate of drug-likeness (QED) is 0.415. The highest BCUT2D eigenvalue weighted by Gasteiger charge is 2.50. The number of allylic oxidation sites excluding steroid dienone is 2. The highest BCUT2D eigenvalue weighted by Crippen LogP contribution is 2.37. The average molecular weight is 413 g/mol. The van der Waals surface area contributed by atoms with Gasteiger partial charge in [0.1, 0.15) is 18.3 Å². The monoisotopic (exact) mass is 412 g/mol. The predicted octanol–water partition coefficient (Wildman–Crippen LogP) is 3.13. The van der Waals surface area contributed by atoms with E-state index >= 15 is 0 Å². The van der Waals surface area contributed by atoms with Crippen molar-refractivity contribution in [1.29, 1.82) is 0 Å². The fourth-order valence-corrected chi connectivity index (χ4v) is 4.37. The van der Waals surface area contributed by atoms with Crippen LogP contribution in [0.5, 0.6) is 0 Å². The molecule has 2 rings (SSSR count). The number of methoxy groups -OCH3 is 3. The Hall–Kier alpha value is -0.760. The maximum absolute atomic E-state index is 10.7. The lowest BCUT2D eigenvalue weighted by molar-refractivity contribution is -0.145. The number of ether oxygens (including phenoxy) is 5. The van der Waals surface area contributed by atoms with Crippen molar-refractivity contribution in [3.05, 3.63) is 23.8 Å². The molecule has 2 saturated heterocycles. The molecule has 2 aliphatic heterocycles. The van der Waals surface area contributed by atoms with Crippen molar-refractivity contribution < 1.29 is 28.8 Å². The van der Waals surface area contributed by atoms with Gasteiger partial charge in [0, 0.05) is 33.2 Å². The molecule has 2 aliphatic rings. The molecular formula is C23H40O6. The molecule has 168 valence electrons. The minimum atomic E-state index is -0.530. The summed E-state index contributed by atoms with van der Waals surface area (Å²) in [6.45, 7) is 8.95. The maximum atomic E-state index is 10.7. The Morgan fingerprint density at radius 2 is 1.90 bits per heavy atom. The molecule has 0 aromatic rings. The van der Waals surface area contributed by atoms with Gasteiger partial charge < -0.3 is 28.8 Å². The lowest BCUT2D eigenvalue weighted by Crippen LogP contribution is -2.47. The van der Waals surface area contributed by atoms with Gasteiger partial charge in [-0.15, -0.1) is 0 Å². The number of epoxide rings is 1. The summed E-state index contributed by atoms with van der Waals surface area (Å²) in [4.78, 5) is 0. The number of aliphatic hydroxyl groups excluding tert-OH is 1. The smallest absolute Gasteiger partial charge is 0.113 e. The van der Waals surface area contributed by atoms with Crippen molar-refractivity contribution >= 4 is 0 Å². The number of hydrogen-bond acceptors (Lipinski definition) is 6. The van der Waals surface area contributed by atoms with Crippen LogP contribution in [0.3, 0.4) is 0 Å². The lowest BCUT2D eigenvalue weighted by Gasteiger charge is -2.36. The molecule has 0 spiro atoms. The van der Waals surface area contributed by atoms with Crippen LogP contribution in [0.15, 0.2) is 23.8 Å². The van der Waals surface area contributed by atoms with E-state index in [0.29, 0.717) is 6.61 Å². The predicted molar refractivity (Wildman–Crippen MR) is 113 cm³/mol. The van der Waals surface area contributed by atoms with Crippen LogP contribution in [0.1, 0.15) is 40.5 Å². The van der Waals surface area contributed by atoms with Crippen LogP contribution in [-0.2, 0) is 23.7 Å². The molecule has 6 nitrogen and oxygen atoms in total. The van der Waals surface area contributed by atoms with Crippen molar-refractivity contribution in [2.45, 2.75) is 83.3 Å². The summed E-state index contributed by atoms with van der Waals surface area (Å²) >= 11 is 0. The van der Waals surface area contributed by atoms with Crippen molar-refractivity contribution in [3.63, 3.8) is 0 Å². The van der Waals surface area contributed by atoms with Gasteiger partial charge in [-0.05, 0) is 25.3 Å². The van der Waals surface area contributed by atoms with Gasteiger partial charge in [0.2, 0.25) is 0 Å². The minimum Gasteiger partial charge on any atom is -0.390 e. The fraction of sp³-hybridized carbons (Fsp3) is 0.826. The van der Waals surface area contributed by atoms with Crippen molar-refractivity contribution in [1.82, 2.24) is 0 Å². The third kappa shape index (κ3) is 6.12. The van der Waals surface area contributed by atoms with Gasteiger partial charge >= 0.3 is 0 Å². The summed E-state index contributed by atoms with van der Waals surface area (Å²) in [5.41, 5.74) is 1.08. The molecule has 0 saturated carbocycles. The van der Waals surface area contributed by atoms with Gasteiger partial charge in [-0.2, -0.15) is 0 Å². The molecule has 1 N–H and O–H groups in total. The Kier molecular flexibility index (Phi) is 9.79. The molecule has 0 aromatic carbocycles. The molecule has 0 bridgehead atoms. The van der Waals surface area contributed by atoms with Crippen LogP contribution >= 0.6 is 0 Å². The number of aliphatic hydroxyl groups is 1. The highest BCUT2D eigenvalue weighted by atomic mass is 16.6. The van der Waals surface area contributed by atoms with E-state index in [1.165, 1.54) is 0 Å². The van der Waals surface area contributed by atoms with Gasteiger partial charge in [0.25, 0.3) is 0 Å². The second kappa shape index (κ2) is 11.6. The summed E-state index contributed by atoms with van der Waals surface area (Å²) in [6, 6.07) is 0. The van der Waals surface area contributed by atoms with E-state index in [4.69, 9.17) is 23.7 Å². The zero-order chi connectivity index (χ0) is 21.6. The van der Waals surface area contributed by atoms with Crippen molar-refractivity contribution in [2.75, 3.05) is 27.9 Å². The summed E-state index contributed by atoms with van der Waals surface area (Å²) in [7, 11) is 5.14. The van der Waals surface area contributed by atoms with Gasteiger partial charge in [-0.25, -0.2) is 0 Å².